The molecule has 1 aliphatic heterocycles. The van der Waals surface area contributed by atoms with Gasteiger partial charge in [0.15, 0.2) is 0 Å². The first-order valence-corrected chi connectivity index (χ1v) is 7.82. The van der Waals surface area contributed by atoms with Crippen LogP contribution in [0, 0.1) is 0 Å². The zero-order chi connectivity index (χ0) is 17.6. The van der Waals surface area contributed by atoms with Crippen molar-refractivity contribution < 1.29 is 22.7 Å². The lowest BCUT2D eigenvalue weighted by Gasteiger charge is -2.23. The van der Waals surface area contributed by atoms with Gasteiger partial charge in [0.2, 0.25) is 0 Å². The van der Waals surface area contributed by atoms with Crippen LogP contribution in [0.25, 0.3) is 0 Å². The molecule has 1 saturated heterocycles. The summed E-state index contributed by atoms with van der Waals surface area (Å²) in [5.41, 5.74) is 0.928. The number of hydrogen-bond acceptors (Lipinski definition) is 3. The Morgan fingerprint density at radius 3 is 2.50 bits per heavy atom. The minimum absolute atomic E-state index is 0.232. The highest BCUT2D eigenvalue weighted by molar-refractivity contribution is 5.74. The van der Waals surface area contributed by atoms with Crippen molar-refractivity contribution in [2.24, 2.45) is 0 Å². The van der Waals surface area contributed by atoms with E-state index in [1.807, 2.05) is 24.3 Å². The smallest absolute Gasteiger partial charge is 0.401 e. The molecule has 2 amide bonds. The van der Waals surface area contributed by atoms with Crippen LogP contribution in [0.5, 0.6) is 5.75 Å². The topological polar surface area (TPSA) is 44.8 Å². The number of amides is 2. The predicted octanol–water partition coefficient (Wildman–Crippen LogP) is 2.47. The van der Waals surface area contributed by atoms with Crippen molar-refractivity contribution in [2.75, 3.05) is 39.8 Å². The van der Waals surface area contributed by atoms with Gasteiger partial charge in [-0.3, -0.25) is 4.90 Å². The monoisotopic (exact) mass is 345 g/mol. The van der Waals surface area contributed by atoms with E-state index in [0.717, 1.165) is 11.3 Å². The van der Waals surface area contributed by atoms with Gasteiger partial charge in [0.25, 0.3) is 0 Å². The average molecular weight is 345 g/mol. The third-order valence-corrected chi connectivity index (χ3v) is 3.88. The van der Waals surface area contributed by atoms with E-state index in [1.54, 1.807) is 12.0 Å². The first-order chi connectivity index (χ1) is 11.4. The van der Waals surface area contributed by atoms with Gasteiger partial charge in [-0.05, 0) is 24.1 Å². The zero-order valence-corrected chi connectivity index (χ0v) is 13.6. The normalized spacial score (nSPS) is 16.6. The van der Waals surface area contributed by atoms with Crippen LogP contribution in [-0.4, -0.2) is 61.8 Å². The maximum Gasteiger partial charge on any atom is 0.401 e. The SMILES string of the molecule is COc1ccc(CNC(=O)N2CCCN(CC(F)(F)F)CC2)cc1. The molecule has 0 aliphatic carbocycles. The number of nitrogens with one attached hydrogen (secondary N) is 1. The molecule has 1 aliphatic rings. The Balaban J connectivity index is 1.79. The van der Waals surface area contributed by atoms with Crippen LogP contribution >= 0.6 is 0 Å². The van der Waals surface area contributed by atoms with Crippen LogP contribution in [-0.2, 0) is 6.54 Å². The van der Waals surface area contributed by atoms with Crippen molar-refractivity contribution in [3.05, 3.63) is 29.8 Å². The number of alkyl halides is 3. The fourth-order valence-electron chi connectivity index (χ4n) is 2.62. The van der Waals surface area contributed by atoms with Gasteiger partial charge >= 0.3 is 12.2 Å². The molecule has 0 bridgehead atoms. The van der Waals surface area contributed by atoms with E-state index in [1.165, 1.54) is 4.90 Å². The number of carbonyl (C=O) groups is 1. The summed E-state index contributed by atoms with van der Waals surface area (Å²) in [7, 11) is 1.58. The van der Waals surface area contributed by atoms with Crippen molar-refractivity contribution in [1.29, 1.82) is 0 Å². The molecule has 1 aromatic carbocycles. The zero-order valence-electron chi connectivity index (χ0n) is 13.6. The van der Waals surface area contributed by atoms with Crippen LogP contribution in [0.1, 0.15) is 12.0 Å². The molecular formula is C16H22F3N3O2. The van der Waals surface area contributed by atoms with E-state index in [9.17, 15) is 18.0 Å². The summed E-state index contributed by atoms with van der Waals surface area (Å²) in [6, 6.07) is 7.07. The number of hydrogen-bond donors (Lipinski definition) is 1. The van der Waals surface area contributed by atoms with E-state index in [0.29, 0.717) is 32.6 Å². The highest BCUT2D eigenvalue weighted by Crippen LogP contribution is 2.17. The number of nitrogens with zero attached hydrogens (tertiary/aromatic N) is 2. The molecular weight excluding hydrogens is 323 g/mol. The van der Waals surface area contributed by atoms with Crippen molar-refractivity contribution in [2.45, 2.75) is 19.1 Å². The van der Waals surface area contributed by atoms with Crippen LogP contribution in [0.15, 0.2) is 24.3 Å². The van der Waals surface area contributed by atoms with Crippen LogP contribution in [0.2, 0.25) is 0 Å². The molecule has 1 fully saturated rings. The summed E-state index contributed by atoms with van der Waals surface area (Å²) in [4.78, 5) is 15.1. The molecule has 134 valence electrons. The second-order valence-electron chi connectivity index (χ2n) is 5.74. The van der Waals surface area contributed by atoms with Crippen LogP contribution in [0.3, 0.4) is 0 Å². The van der Waals surface area contributed by atoms with Gasteiger partial charge in [0, 0.05) is 32.7 Å². The lowest BCUT2D eigenvalue weighted by atomic mass is 10.2. The summed E-state index contributed by atoms with van der Waals surface area (Å²) in [5, 5.41) is 2.80. The lowest BCUT2D eigenvalue weighted by Crippen LogP contribution is -2.42. The minimum Gasteiger partial charge on any atom is -0.497 e. The van der Waals surface area contributed by atoms with Gasteiger partial charge in [-0.25, -0.2) is 4.79 Å². The highest BCUT2D eigenvalue weighted by atomic mass is 19.4. The number of halogens is 3. The number of urea groups is 1. The molecule has 24 heavy (non-hydrogen) atoms. The Bertz CT molecular complexity index is 534. The number of benzene rings is 1. The van der Waals surface area contributed by atoms with Gasteiger partial charge < -0.3 is 15.0 Å². The molecule has 8 heteroatoms. The third kappa shape index (κ3) is 5.92. The molecule has 0 unspecified atom stereocenters. The summed E-state index contributed by atoms with van der Waals surface area (Å²) < 4.78 is 42.4. The molecule has 1 aromatic rings. The Morgan fingerprint density at radius 2 is 1.88 bits per heavy atom. The third-order valence-electron chi connectivity index (χ3n) is 3.88. The number of carbonyl (C=O) groups excluding carboxylic acids is 1. The Kier molecular flexibility index (Phi) is 6.30. The van der Waals surface area contributed by atoms with Crippen molar-refractivity contribution in [3.8, 4) is 5.75 Å². The molecule has 1 N–H and O–H groups in total. The molecule has 0 aromatic heterocycles. The average Bonchev–Trinajstić information content (AvgIpc) is 2.77. The van der Waals surface area contributed by atoms with Crippen molar-refractivity contribution in [3.63, 3.8) is 0 Å². The summed E-state index contributed by atoms with van der Waals surface area (Å²) in [6.45, 7) is 0.782. The van der Waals surface area contributed by atoms with Crippen molar-refractivity contribution >= 4 is 6.03 Å². The molecule has 2 rings (SSSR count). The second kappa shape index (κ2) is 8.23. The fourth-order valence-corrected chi connectivity index (χ4v) is 2.62. The predicted molar refractivity (Wildman–Crippen MR) is 83.9 cm³/mol. The van der Waals surface area contributed by atoms with E-state index in [4.69, 9.17) is 4.74 Å². The minimum atomic E-state index is -4.20. The van der Waals surface area contributed by atoms with Crippen molar-refractivity contribution in [1.82, 2.24) is 15.1 Å². The van der Waals surface area contributed by atoms with Gasteiger partial charge in [0.05, 0.1) is 13.7 Å². The maximum atomic E-state index is 12.4. The molecule has 0 spiro atoms. The van der Waals surface area contributed by atoms with Crippen LogP contribution in [0.4, 0.5) is 18.0 Å². The quantitative estimate of drug-likeness (QED) is 0.912. The molecule has 1 heterocycles. The largest absolute Gasteiger partial charge is 0.497 e. The second-order valence-corrected chi connectivity index (χ2v) is 5.74. The molecule has 0 saturated carbocycles. The lowest BCUT2D eigenvalue weighted by molar-refractivity contribution is -0.145. The van der Waals surface area contributed by atoms with E-state index in [-0.39, 0.29) is 12.6 Å². The Labute approximate surface area is 139 Å². The first kappa shape index (κ1) is 18.4. The standard InChI is InChI=1S/C16H22F3N3O2/c1-24-14-5-3-13(4-6-14)11-20-15(23)22-8-2-7-21(9-10-22)12-16(17,18)19/h3-6H,2,7-12H2,1H3,(H,20,23). The van der Waals surface area contributed by atoms with Gasteiger partial charge in [-0.15, -0.1) is 0 Å². The Hall–Kier alpha value is -1.96. The van der Waals surface area contributed by atoms with E-state index < -0.39 is 12.7 Å². The first-order valence-electron chi connectivity index (χ1n) is 7.82. The van der Waals surface area contributed by atoms with Crippen LogP contribution < -0.4 is 10.1 Å². The van der Waals surface area contributed by atoms with Gasteiger partial charge in [-0.2, -0.15) is 13.2 Å². The van der Waals surface area contributed by atoms with E-state index in [2.05, 4.69) is 5.32 Å². The Morgan fingerprint density at radius 1 is 1.17 bits per heavy atom. The summed E-state index contributed by atoms with van der Waals surface area (Å²) in [5.74, 6) is 0.738. The summed E-state index contributed by atoms with van der Waals surface area (Å²) >= 11 is 0. The molecule has 0 radical (unpaired) electrons. The van der Waals surface area contributed by atoms with Gasteiger partial charge in [0.1, 0.15) is 5.75 Å². The number of ether oxygens (including phenoxy) is 1. The fraction of sp³-hybridized carbons (Fsp3) is 0.562. The molecule has 5 nitrogen and oxygen atoms in total. The number of rotatable bonds is 4. The summed E-state index contributed by atoms with van der Waals surface area (Å²) in [6.07, 6.45) is -3.67. The molecule has 0 atom stereocenters. The highest BCUT2D eigenvalue weighted by Gasteiger charge is 2.31. The maximum absolute atomic E-state index is 12.4. The number of methoxy groups -OCH3 is 1. The van der Waals surface area contributed by atoms with E-state index >= 15 is 0 Å². The van der Waals surface area contributed by atoms with Gasteiger partial charge in [-0.1, -0.05) is 12.1 Å².